The fraction of sp³-hybridized carbons (Fsp3) is 0.250. The van der Waals surface area contributed by atoms with Crippen LogP contribution in [0.15, 0.2) is 38.9 Å². The zero-order valence-electron chi connectivity index (χ0n) is 9.57. The Labute approximate surface area is 110 Å². The molecule has 0 bridgehead atoms. The minimum Gasteiger partial charge on any atom is -0.428 e. The molecule has 0 saturated carbocycles. The maximum atomic E-state index is 12.0. The molecule has 0 saturated heterocycles. The Morgan fingerprint density at radius 2 is 2.05 bits per heavy atom. The van der Waals surface area contributed by atoms with Gasteiger partial charge in [0.05, 0.1) is 0 Å². The van der Waals surface area contributed by atoms with Gasteiger partial charge >= 0.3 is 12.0 Å². The molecule has 2 aromatic heterocycles. The lowest BCUT2D eigenvalue weighted by atomic mass is 10.2. The number of rotatable bonds is 4. The standard InChI is InChI=1S/C12H9F3O3S/c13-12(14,15)18-9-6-10(19-7-9)5-4-8-2-1-3-11(16)17-8/h1-3,6-7H,4-5H2. The molecular formula is C12H9F3O3S. The highest BCUT2D eigenvalue weighted by molar-refractivity contribution is 7.10. The summed E-state index contributed by atoms with van der Waals surface area (Å²) >= 11 is 1.17. The van der Waals surface area contributed by atoms with Crippen molar-refractivity contribution in [3.8, 4) is 5.75 Å². The van der Waals surface area contributed by atoms with Gasteiger partial charge in [-0.15, -0.1) is 24.5 Å². The van der Waals surface area contributed by atoms with Crippen molar-refractivity contribution in [2.24, 2.45) is 0 Å². The van der Waals surface area contributed by atoms with Crippen LogP contribution in [-0.4, -0.2) is 6.36 Å². The summed E-state index contributed by atoms with van der Waals surface area (Å²) in [5.41, 5.74) is -0.440. The highest BCUT2D eigenvalue weighted by Gasteiger charge is 2.31. The van der Waals surface area contributed by atoms with E-state index < -0.39 is 12.0 Å². The van der Waals surface area contributed by atoms with Gasteiger partial charge in [-0.1, -0.05) is 6.07 Å². The van der Waals surface area contributed by atoms with Crippen LogP contribution >= 0.6 is 11.3 Å². The minimum atomic E-state index is -4.68. The molecule has 0 unspecified atom stereocenters. The molecule has 0 aliphatic carbocycles. The first-order valence-corrected chi connectivity index (χ1v) is 6.22. The Morgan fingerprint density at radius 1 is 1.26 bits per heavy atom. The van der Waals surface area contributed by atoms with Gasteiger partial charge in [-0.05, 0) is 18.6 Å². The van der Waals surface area contributed by atoms with E-state index in [0.29, 0.717) is 18.6 Å². The summed E-state index contributed by atoms with van der Waals surface area (Å²) in [6.45, 7) is 0. The van der Waals surface area contributed by atoms with Crippen molar-refractivity contribution in [3.63, 3.8) is 0 Å². The summed E-state index contributed by atoms with van der Waals surface area (Å²) in [4.78, 5) is 11.7. The molecule has 0 aliphatic rings. The second-order valence-electron chi connectivity index (χ2n) is 3.71. The molecule has 102 valence electrons. The number of ether oxygens (including phenoxy) is 1. The summed E-state index contributed by atoms with van der Waals surface area (Å²) in [5, 5.41) is 1.30. The van der Waals surface area contributed by atoms with Gasteiger partial charge in [0.1, 0.15) is 11.5 Å². The van der Waals surface area contributed by atoms with Crippen molar-refractivity contribution in [1.82, 2.24) is 0 Å². The molecule has 2 heterocycles. The number of hydrogen-bond donors (Lipinski definition) is 0. The van der Waals surface area contributed by atoms with E-state index in [1.807, 2.05) is 0 Å². The largest absolute Gasteiger partial charge is 0.573 e. The molecule has 7 heteroatoms. The monoisotopic (exact) mass is 290 g/mol. The Hall–Kier alpha value is -1.76. The number of hydrogen-bond acceptors (Lipinski definition) is 4. The summed E-state index contributed by atoms with van der Waals surface area (Å²) in [6, 6.07) is 5.86. The van der Waals surface area contributed by atoms with E-state index in [9.17, 15) is 18.0 Å². The smallest absolute Gasteiger partial charge is 0.428 e. The van der Waals surface area contributed by atoms with Crippen LogP contribution in [0.25, 0.3) is 0 Å². The topological polar surface area (TPSA) is 39.4 Å². The van der Waals surface area contributed by atoms with Gasteiger partial charge in [0, 0.05) is 22.7 Å². The first-order valence-electron chi connectivity index (χ1n) is 5.34. The van der Waals surface area contributed by atoms with E-state index >= 15 is 0 Å². The third-order valence-electron chi connectivity index (χ3n) is 2.23. The fourth-order valence-electron chi connectivity index (χ4n) is 1.49. The molecule has 0 N–H and O–H groups in total. The Bertz CT molecular complexity index is 601. The highest BCUT2D eigenvalue weighted by atomic mass is 32.1. The molecule has 2 rings (SSSR count). The quantitative estimate of drug-likeness (QED) is 0.866. The molecule has 0 aliphatic heterocycles. The Morgan fingerprint density at radius 3 is 2.74 bits per heavy atom. The summed E-state index contributed by atoms with van der Waals surface area (Å²) in [7, 11) is 0. The third kappa shape index (κ3) is 4.44. The average molecular weight is 290 g/mol. The van der Waals surface area contributed by atoms with Crippen molar-refractivity contribution in [3.05, 3.63) is 50.7 Å². The van der Waals surface area contributed by atoms with Crippen LogP contribution in [0.3, 0.4) is 0 Å². The molecule has 0 amide bonds. The van der Waals surface area contributed by atoms with Crippen LogP contribution < -0.4 is 10.4 Å². The average Bonchev–Trinajstić information content (AvgIpc) is 2.72. The van der Waals surface area contributed by atoms with Gasteiger partial charge in [-0.25, -0.2) is 4.79 Å². The van der Waals surface area contributed by atoms with Crippen LogP contribution in [0, 0.1) is 0 Å². The summed E-state index contributed by atoms with van der Waals surface area (Å²) in [6.07, 6.45) is -3.74. The summed E-state index contributed by atoms with van der Waals surface area (Å²) in [5.74, 6) is 0.279. The van der Waals surface area contributed by atoms with Gasteiger partial charge in [0.15, 0.2) is 0 Å². The van der Waals surface area contributed by atoms with Gasteiger partial charge in [-0.2, -0.15) is 0 Å². The number of halogens is 3. The SMILES string of the molecule is O=c1cccc(CCc2cc(OC(F)(F)F)cs2)o1. The van der Waals surface area contributed by atoms with Gasteiger partial charge in [0.2, 0.25) is 0 Å². The maximum Gasteiger partial charge on any atom is 0.573 e. The van der Waals surface area contributed by atoms with E-state index in [1.54, 1.807) is 12.1 Å². The van der Waals surface area contributed by atoms with Crippen molar-refractivity contribution in [2.75, 3.05) is 0 Å². The molecule has 3 nitrogen and oxygen atoms in total. The molecular weight excluding hydrogens is 281 g/mol. The number of thiophene rings is 1. The van der Waals surface area contributed by atoms with Crippen molar-refractivity contribution in [2.45, 2.75) is 19.2 Å². The third-order valence-corrected chi connectivity index (χ3v) is 3.20. The van der Waals surface area contributed by atoms with Gasteiger partial charge < -0.3 is 9.15 Å². The molecule has 0 aromatic carbocycles. The normalized spacial score (nSPS) is 11.5. The first kappa shape index (κ1) is 13.7. The van der Waals surface area contributed by atoms with Crippen LogP contribution in [-0.2, 0) is 12.8 Å². The molecule has 2 aromatic rings. The van der Waals surface area contributed by atoms with Crippen molar-refractivity contribution in [1.29, 1.82) is 0 Å². The predicted octanol–water partition coefficient (Wildman–Crippen LogP) is 3.39. The van der Waals surface area contributed by atoms with E-state index in [0.717, 1.165) is 4.88 Å². The highest BCUT2D eigenvalue weighted by Crippen LogP contribution is 2.28. The number of aryl methyl sites for hydroxylation is 2. The van der Waals surface area contributed by atoms with E-state index in [-0.39, 0.29) is 5.75 Å². The van der Waals surface area contributed by atoms with Gasteiger partial charge in [-0.3, -0.25) is 0 Å². The van der Waals surface area contributed by atoms with E-state index in [4.69, 9.17) is 4.42 Å². The van der Waals surface area contributed by atoms with Gasteiger partial charge in [0.25, 0.3) is 0 Å². The predicted molar refractivity (Wildman–Crippen MR) is 63.4 cm³/mol. The van der Waals surface area contributed by atoms with Crippen molar-refractivity contribution < 1.29 is 22.3 Å². The Balaban J connectivity index is 1.95. The molecule has 0 atom stereocenters. The van der Waals surface area contributed by atoms with Crippen LogP contribution in [0.4, 0.5) is 13.2 Å². The fourth-order valence-corrected chi connectivity index (χ4v) is 2.28. The minimum absolute atomic E-state index is 0.220. The molecule has 0 fully saturated rings. The lowest BCUT2D eigenvalue weighted by molar-refractivity contribution is -0.274. The zero-order valence-corrected chi connectivity index (χ0v) is 10.4. The molecule has 19 heavy (non-hydrogen) atoms. The zero-order chi connectivity index (χ0) is 13.9. The van der Waals surface area contributed by atoms with Crippen LogP contribution in [0.1, 0.15) is 10.6 Å². The lowest BCUT2D eigenvalue weighted by Crippen LogP contribution is -2.16. The van der Waals surface area contributed by atoms with E-state index in [2.05, 4.69) is 4.74 Å². The second-order valence-corrected chi connectivity index (χ2v) is 4.71. The van der Waals surface area contributed by atoms with Crippen LogP contribution in [0.2, 0.25) is 0 Å². The maximum absolute atomic E-state index is 12.0. The first-order chi connectivity index (χ1) is 8.92. The Kier molecular flexibility index (Phi) is 3.94. The van der Waals surface area contributed by atoms with E-state index in [1.165, 1.54) is 28.8 Å². The molecule has 0 radical (unpaired) electrons. The molecule has 0 spiro atoms. The van der Waals surface area contributed by atoms with Crippen LogP contribution in [0.5, 0.6) is 5.75 Å². The summed E-state index contributed by atoms with van der Waals surface area (Å²) < 4.78 is 44.7. The van der Waals surface area contributed by atoms with Crippen molar-refractivity contribution >= 4 is 11.3 Å². The lowest BCUT2D eigenvalue weighted by Gasteiger charge is -2.05. The second kappa shape index (κ2) is 5.48. The number of alkyl halides is 3.